The summed E-state index contributed by atoms with van der Waals surface area (Å²) in [7, 11) is 0. The Morgan fingerprint density at radius 2 is 1.52 bits per heavy atom. The van der Waals surface area contributed by atoms with Crippen LogP contribution >= 0.6 is 0 Å². The smallest absolute Gasteiger partial charge is 0.314 e. The third kappa shape index (κ3) is 4.20. The predicted octanol–water partition coefficient (Wildman–Crippen LogP) is 2.43. The first-order valence-electron chi connectivity index (χ1n) is 7.90. The Balaban J connectivity index is 1.59. The van der Waals surface area contributed by atoms with Crippen molar-refractivity contribution >= 4 is 23.2 Å². The summed E-state index contributed by atoms with van der Waals surface area (Å²) in [6.07, 6.45) is 0. The predicted molar refractivity (Wildman–Crippen MR) is 92.3 cm³/mol. The van der Waals surface area contributed by atoms with Crippen molar-refractivity contribution in [2.45, 2.75) is 6.92 Å². The molecule has 2 N–H and O–H groups in total. The first-order valence-corrected chi connectivity index (χ1v) is 7.90. The lowest BCUT2D eigenvalue weighted by Gasteiger charge is -2.18. The lowest BCUT2D eigenvalue weighted by molar-refractivity contribution is -0.133. The summed E-state index contributed by atoms with van der Waals surface area (Å²) >= 11 is 0. The molecule has 0 saturated heterocycles. The Morgan fingerprint density at radius 3 is 2.20 bits per heavy atom. The average Bonchev–Trinajstić information content (AvgIpc) is 2.63. The lowest BCUT2D eigenvalue weighted by atomic mass is 10.2. The summed E-state index contributed by atoms with van der Waals surface area (Å²) in [5, 5.41) is 5.06. The van der Waals surface area contributed by atoms with E-state index in [2.05, 4.69) is 10.6 Å². The van der Waals surface area contributed by atoms with Gasteiger partial charge in [0.15, 0.2) is 11.5 Å². The number of fused-ring (bicyclic) bond motifs is 1. The summed E-state index contributed by atoms with van der Waals surface area (Å²) in [6.45, 7) is 3.38. The molecule has 0 bridgehead atoms. The van der Waals surface area contributed by atoms with E-state index in [1.807, 2.05) is 6.92 Å². The first kappa shape index (κ1) is 16.6. The number of carbonyl (C=O) groups excluding carboxylic acids is 2. The van der Waals surface area contributed by atoms with Crippen LogP contribution in [0.25, 0.3) is 0 Å². The fourth-order valence-corrected chi connectivity index (χ4v) is 2.30. The van der Waals surface area contributed by atoms with Crippen molar-refractivity contribution in [3.05, 3.63) is 42.5 Å². The van der Waals surface area contributed by atoms with Gasteiger partial charge < -0.3 is 24.8 Å². The largest absolute Gasteiger partial charge is 0.494 e. The second kappa shape index (κ2) is 7.57. The maximum Gasteiger partial charge on any atom is 0.314 e. The summed E-state index contributed by atoms with van der Waals surface area (Å²) in [4.78, 5) is 24.0. The van der Waals surface area contributed by atoms with Crippen molar-refractivity contribution in [2.24, 2.45) is 0 Å². The molecule has 2 aromatic rings. The topological polar surface area (TPSA) is 85.9 Å². The molecule has 130 valence electrons. The minimum atomic E-state index is -0.773. The van der Waals surface area contributed by atoms with Crippen molar-refractivity contribution in [2.75, 3.05) is 30.5 Å². The van der Waals surface area contributed by atoms with Crippen LogP contribution < -0.4 is 24.8 Å². The molecule has 1 heterocycles. The van der Waals surface area contributed by atoms with E-state index in [1.54, 1.807) is 42.5 Å². The molecule has 0 atom stereocenters. The van der Waals surface area contributed by atoms with Gasteiger partial charge in [-0.2, -0.15) is 0 Å². The molecule has 7 nitrogen and oxygen atoms in total. The van der Waals surface area contributed by atoms with Crippen LogP contribution in [-0.4, -0.2) is 31.6 Å². The fraction of sp³-hybridized carbons (Fsp3) is 0.222. The van der Waals surface area contributed by atoms with E-state index in [9.17, 15) is 9.59 Å². The van der Waals surface area contributed by atoms with Crippen LogP contribution in [0.2, 0.25) is 0 Å². The highest BCUT2D eigenvalue weighted by Crippen LogP contribution is 2.32. The Bertz CT molecular complexity index is 774. The molecule has 25 heavy (non-hydrogen) atoms. The minimum Gasteiger partial charge on any atom is -0.494 e. The molecular formula is C18H18N2O5. The SMILES string of the molecule is CCOc1ccc(NC(=O)C(=O)Nc2ccc3c(c2)OCCO3)cc1. The highest BCUT2D eigenvalue weighted by Gasteiger charge is 2.17. The van der Waals surface area contributed by atoms with Gasteiger partial charge in [0.2, 0.25) is 0 Å². The molecule has 1 aliphatic heterocycles. The number of hydrogen-bond acceptors (Lipinski definition) is 5. The van der Waals surface area contributed by atoms with Gasteiger partial charge in [-0.1, -0.05) is 0 Å². The number of rotatable bonds is 4. The number of nitrogens with one attached hydrogen (secondary N) is 2. The number of ether oxygens (including phenoxy) is 3. The third-order valence-electron chi connectivity index (χ3n) is 3.43. The standard InChI is InChI=1S/C18H18N2O5/c1-2-23-14-6-3-12(4-7-14)19-17(21)18(22)20-13-5-8-15-16(11-13)25-10-9-24-15/h3-8,11H,2,9-10H2,1H3,(H,19,21)(H,20,22). The molecule has 0 radical (unpaired) electrons. The van der Waals surface area contributed by atoms with Crippen LogP contribution in [0.4, 0.5) is 11.4 Å². The van der Waals surface area contributed by atoms with Crippen LogP contribution in [0.1, 0.15) is 6.92 Å². The Labute approximate surface area is 144 Å². The molecule has 0 spiro atoms. The Morgan fingerprint density at radius 1 is 0.920 bits per heavy atom. The van der Waals surface area contributed by atoms with E-state index in [0.717, 1.165) is 0 Å². The highest BCUT2D eigenvalue weighted by molar-refractivity contribution is 6.43. The van der Waals surface area contributed by atoms with Gasteiger partial charge in [0.25, 0.3) is 0 Å². The number of hydrogen-bond donors (Lipinski definition) is 2. The van der Waals surface area contributed by atoms with Crippen LogP contribution in [0, 0.1) is 0 Å². The van der Waals surface area contributed by atoms with Crippen LogP contribution in [0.5, 0.6) is 17.2 Å². The van der Waals surface area contributed by atoms with E-state index in [1.165, 1.54) is 0 Å². The van der Waals surface area contributed by atoms with E-state index in [4.69, 9.17) is 14.2 Å². The highest BCUT2D eigenvalue weighted by atomic mass is 16.6. The monoisotopic (exact) mass is 342 g/mol. The molecule has 0 unspecified atom stereocenters. The van der Waals surface area contributed by atoms with Crippen LogP contribution in [0.15, 0.2) is 42.5 Å². The number of anilines is 2. The Hall–Kier alpha value is -3.22. The van der Waals surface area contributed by atoms with Crippen molar-refractivity contribution in [3.8, 4) is 17.2 Å². The third-order valence-corrected chi connectivity index (χ3v) is 3.43. The molecule has 0 fully saturated rings. The second-order valence-electron chi connectivity index (χ2n) is 5.22. The van der Waals surface area contributed by atoms with Crippen LogP contribution in [0.3, 0.4) is 0 Å². The van der Waals surface area contributed by atoms with Gasteiger partial charge in [0.1, 0.15) is 19.0 Å². The molecule has 3 rings (SSSR count). The zero-order valence-electron chi connectivity index (χ0n) is 13.7. The van der Waals surface area contributed by atoms with Gasteiger partial charge in [0, 0.05) is 17.4 Å². The molecule has 1 aliphatic rings. The molecule has 7 heteroatoms. The summed E-state index contributed by atoms with van der Waals surface area (Å²) in [6, 6.07) is 11.7. The number of benzene rings is 2. The van der Waals surface area contributed by atoms with Crippen molar-refractivity contribution in [3.63, 3.8) is 0 Å². The van der Waals surface area contributed by atoms with E-state index < -0.39 is 11.8 Å². The zero-order valence-corrected chi connectivity index (χ0v) is 13.7. The molecule has 2 amide bonds. The molecule has 0 aliphatic carbocycles. The van der Waals surface area contributed by atoms with Crippen molar-refractivity contribution < 1.29 is 23.8 Å². The van der Waals surface area contributed by atoms with E-state index >= 15 is 0 Å². The van der Waals surface area contributed by atoms with E-state index in [0.29, 0.717) is 48.4 Å². The summed E-state index contributed by atoms with van der Waals surface area (Å²) in [5.74, 6) is 0.310. The molecule has 0 saturated carbocycles. The second-order valence-corrected chi connectivity index (χ2v) is 5.22. The first-order chi connectivity index (χ1) is 12.2. The van der Waals surface area contributed by atoms with Crippen molar-refractivity contribution in [1.82, 2.24) is 0 Å². The maximum absolute atomic E-state index is 12.0. The Kier molecular flexibility index (Phi) is 5.03. The van der Waals surface area contributed by atoms with Gasteiger partial charge in [0.05, 0.1) is 6.61 Å². The molecule has 2 aromatic carbocycles. The normalized spacial score (nSPS) is 12.2. The van der Waals surface area contributed by atoms with Gasteiger partial charge in [-0.3, -0.25) is 9.59 Å². The summed E-state index contributed by atoms with van der Waals surface area (Å²) < 4.78 is 16.2. The quantitative estimate of drug-likeness (QED) is 0.834. The maximum atomic E-state index is 12.0. The molecular weight excluding hydrogens is 324 g/mol. The lowest BCUT2D eigenvalue weighted by Crippen LogP contribution is -2.29. The summed E-state index contributed by atoms with van der Waals surface area (Å²) in [5.41, 5.74) is 0.960. The van der Waals surface area contributed by atoms with Gasteiger partial charge in [-0.05, 0) is 43.3 Å². The fourth-order valence-electron chi connectivity index (χ4n) is 2.30. The van der Waals surface area contributed by atoms with E-state index in [-0.39, 0.29) is 0 Å². The van der Waals surface area contributed by atoms with Gasteiger partial charge in [-0.25, -0.2) is 0 Å². The van der Waals surface area contributed by atoms with Crippen LogP contribution in [-0.2, 0) is 9.59 Å². The van der Waals surface area contributed by atoms with Crippen molar-refractivity contribution in [1.29, 1.82) is 0 Å². The number of amides is 2. The molecule has 0 aromatic heterocycles. The average molecular weight is 342 g/mol. The number of carbonyl (C=O) groups is 2. The van der Waals surface area contributed by atoms with Gasteiger partial charge >= 0.3 is 11.8 Å². The minimum absolute atomic E-state index is 0.447. The zero-order chi connectivity index (χ0) is 17.6. The van der Waals surface area contributed by atoms with Gasteiger partial charge in [-0.15, -0.1) is 0 Å².